The normalized spacial score (nSPS) is 12.6. The molecule has 33 heavy (non-hydrogen) atoms. The van der Waals surface area contributed by atoms with Crippen LogP contribution < -0.4 is 20.1 Å². The lowest BCUT2D eigenvalue weighted by Crippen LogP contribution is -2.38. The Kier molecular flexibility index (Phi) is 7.55. The minimum Gasteiger partial charge on any atom is -0.351 e. The largest absolute Gasteiger partial charge is 0.351 e. The van der Waals surface area contributed by atoms with E-state index in [1.54, 1.807) is 42.6 Å². The average Bonchev–Trinajstić information content (AvgIpc) is 3.06. The second-order valence-electron chi connectivity index (χ2n) is 8.52. The topological polar surface area (TPSA) is 81.1 Å². The predicted octanol–water partition coefficient (Wildman–Crippen LogP) is 2.40. The van der Waals surface area contributed by atoms with E-state index in [0.29, 0.717) is 27.0 Å². The van der Waals surface area contributed by atoms with Crippen molar-refractivity contribution in [1.29, 1.82) is 0 Å². The van der Waals surface area contributed by atoms with E-state index < -0.39 is 0 Å². The number of hydrogen-bond donors (Lipinski definition) is 1. The van der Waals surface area contributed by atoms with Crippen molar-refractivity contribution in [3.63, 3.8) is 0 Å². The Morgan fingerprint density at radius 1 is 1.15 bits per heavy atom. The van der Waals surface area contributed by atoms with Gasteiger partial charge in [0.05, 0.1) is 10.2 Å². The molecular weight excluding hydrogens is 434 g/mol. The predicted molar refractivity (Wildman–Crippen MR) is 133 cm³/mol. The van der Waals surface area contributed by atoms with Crippen LogP contribution in [0.4, 0.5) is 0 Å². The Morgan fingerprint density at radius 2 is 1.88 bits per heavy atom. The standard InChI is InChI=1S/C26H27N3O3S/c1-5-13-28-23(31)17-29-24(33-22(25(29)32)15-20-8-6-7-14-27-20)16-21(30)18-9-11-19(12-10-18)26(2,3)4/h5-12,14-16H,1,13,17H2,2-4H3,(H,28,31)/b22-15+,24-16+. The first-order chi connectivity index (χ1) is 15.7. The molecule has 1 amide bonds. The molecule has 0 spiro atoms. The van der Waals surface area contributed by atoms with Gasteiger partial charge in [0.2, 0.25) is 5.91 Å². The number of nitrogens with one attached hydrogen (secondary N) is 1. The number of amides is 1. The van der Waals surface area contributed by atoms with Crippen LogP contribution in [0.1, 0.15) is 42.4 Å². The summed E-state index contributed by atoms with van der Waals surface area (Å²) in [5.41, 5.74) is 1.89. The highest BCUT2D eigenvalue weighted by molar-refractivity contribution is 7.07. The first kappa shape index (κ1) is 24.1. The SMILES string of the molecule is C=CCNC(=O)Cn1c(=O)/c(=C\c2ccccn2)s/c1=C/C(=O)c1ccc(C(C)(C)C)cc1. The fourth-order valence-corrected chi connectivity index (χ4v) is 4.13. The van der Waals surface area contributed by atoms with E-state index in [1.807, 2.05) is 18.2 Å². The Hall–Kier alpha value is -3.58. The molecule has 0 radical (unpaired) electrons. The number of rotatable bonds is 7. The lowest BCUT2D eigenvalue weighted by Gasteiger charge is -2.18. The Morgan fingerprint density at radius 3 is 2.48 bits per heavy atom. The maximum atomic E-state index is 13.1. The third kappa shape index (κ3) is 6.23. The maximum absolute atomic E-state index is 13.1. The van der Waals surface area contributed by atoms with Crippen molar-refractivity contribution in [3.05, 3.63) is 97.7 Å². The maximum Gasteiger partial charge on any atom is 0.269 e. The van der Waals surface area contributed by atoms with Crippen LogP contribution in [0.25, 0.3) is 12.2 Å². The lowest BCUT2D eigenvalue weighted by molar-refractivity contribution is -0.121. The molecule has 3 aromatic rings. The number of ketones is 1. The highest BCUT2D eigenvalue weighted by Gasteiger charge is 2.15. The van der Waals surface area contributed by atoms with Gasteiger partial charge in [0.25, 0.3) is 5.56 Å². The van der Waals surface area contributed by atoms with Crippen molar-refractivity contribution >= 4 is 35.2 Å². The van der Waals surface area contributed by atoms with Gasteiger partial charge >= 0.3 is 0 Å². The molecule has 0 aliphatic carbocycles. The molecule has 1 N–H and O–H groups in total. The summed E-state index contributed by atoms with van der Waals surface area (Å²) >= 11 is 1.16. The van der Waals surface area contributed by atoms with E-state index in [9.17, 15) is 14.4 Å². The van der Waals surface area contributed by atoms with Crippen molar-refractivity contribution in [3.8, 4) is 0 Å². The quantitative estimate of drug-likeness (QED) is 0.433. The number of nitrogens with zero attached hydrogens (tertiary/aromatic N) is 2. The molecule has 0 saturated carbocycles. The van der Waals surface area contributed by atoms with Crippen LogP contribution >= 0.6 is 11.3 Å². The molecule has 0 aliphatic rings. The summed E-state index contributed by atoms with van der Waals surface area (Å²) in [7, 11) is 0. The summed E-state index contributed by atoms with van der Waals surface area (Å²) in [6, 6.07) is 12.8. The second-order valence-corrected chi connectivity index (χ2v) is 9.59. The van der Waals surface area contributed by atoms with Crippen LogP contribution in [0.5, 0.6) is 0 Å². The van der Waals surface area contributed by atoms with E-state index in [-0.39, 0.29) is 29.2 Å². The first-order valence-corrected chi connectivity index (χ1v) is 11.4. The van der Waals surface area contributed by atoms with E-state index in [0.717, 1.165) is 16.9 Å². The molecule has 6 nitrogen and oxygen atoms in total. The van der Waals surface area contributed by atoms with Crippen molar-refractivity contribution in [2.24, 2.45) is 0 Å². The molecule has 0 saturated heterocycles. The zero-order valence-corrected chi connectivity index (χ0v) is 19.8. The number of carbonyl (C=O) groups excluding carboxylic acids is 2. The van der Waals surface area contributed by atoms with Gasteiger partial charge in [-0.05, 0) is 29.2 Å². The van der Waals surface area contributed by atoms with E-state index in [2.05, 4.69) is 37.7 Å². The fraction of sp³-hybridized carbons (Fsp3) is 0.231. The summed E-state index contributed by atoms with van der Waals surface area (Å²) in [6.45, 7) is 10.0. The van der Waals surface area contributed by atoms with Gasteiger partial charge in [-0.15, -0.1) is 17.9 Å². The Labute approximate surface area is 196 Å². The Bertz CT molecular complexity index is 1330. The van der Waals surface area contributed by atoms with Crippen LogP contribution in [0.3, 0.4) is 0 Å². The molecule has 2 heterocycles. The Balaban J connectivity index is 2.05. The van der Waals surface area contributed by atoms with Gasteiger partial charge in [0.1, 0.15) is 11.2 Å². The average molecular weight is 462 g/mol. The third-order valence-corrected chi connectivity index (χ3v) is 6.00. The van der Waals surface area contributed by atoms with E-state index in [4.69, 9.17) is 0 Å². The first-order valence-electron chi connectivity index (χ1n) is 10.6. The van der Waals surface area contributed by atoms with Gasteiger partial charge < -0.3 is 5.32 Å². The van der Waals surface area contributed by atoms with Gasteiger partial charge in [-0.25, -0.2) is 0 Å². The lowest BCUT2D eigenvalue weighted by atomic mass is 9.86. The summed E-state index contributed by atoms with van der Waals surface area (Å²) in [5.74, 6) is -0.572. The molecule has 0 aliphatic heterocycles. The summed E-state index contributed by atoms with van der Waals surface area (Å²) < 4.78 is 2.12. The van der Waals surface area contributed by atoms with Crippen LogP contribution in [0, 0.1) is 0 Å². The number of Topliss-reactive ketones (excluding diaryl/α,β-unsaturated/α-hetero) is 1. The van der Waals surface area contributed by atoms with Gasteiger partial charge in [-0.1, -0.05) is 57.2 Å². The number of carbonyl (C=O) groups is 2. The van der Waals surface area contributed by atoms with Crippen molar-refractivity contribution in [2.45, 2.75) is 32.7 Å². The van der Waals surface area contributed by atoms with Crippen molar-refractivity contribution in [1.82, 2.24) is 14.9 Å². The highest BCUT2D eigenvalue weighted by Crippen LogP contribution is 2.22. The van der Waals surface area contributed by atoms with Gasteiger partial charge in [-0.3, -0.25) is 23.9 Å². The molecular formula is C26H27N3O3S. The van der Waals surface area contributed by atoms with Crippen LogP contribution in [-0.4, -0.2) is 27.8 Å². The fourth-order valence-electron chi connectivity index (χ4n) is 3.10. The number of benzene rings is 1. The molecule has 0 atom stereocenters. The number of thiazole rings is 1. The smallest absolute Gasteiger partial charge is 0.269 e. The van der Waals surface area contributed by atoms with Crippen LogP contribution in [-0.2, 0) is 16.8 Å². The highest BCUT2D eigenvalue weighted by atomic mass is 32.1. The molecule has 1 aromatic carbocycles. The molecule has 2 aromatic heterocycles. The van der Waals surface area contributed by atoms with Gasteiger partial charge in [-0.2, -0.15) is 0 Å². The molecule has 3 rings (SSSR count). The monoisotopic (exact) mass is 461 g/mol. The van der Waals surface area contributed by atoms with E-state index >= 15 is 0 Å². The number of pyridine rings is 1. The van der Waals surface area contributed by atoms with E-state index in [1.165, 1.54) is 10.6 Å². The second kappa shape index (κ2) is 10.4. The summed E-state index contributed by atoms with van der Waals surface area (Å²) in [5, 5.41) is 2.67. The van der Waals surface area contributed by atoms with Crippen LogP contribution in [0.2, 0.25) is 0 Å². The zero-order chi connectivity index (χ0) is 24.0. The van der Waals surface area contributed by atoms with Gasteiger partial charge in [0.15, 0.2) is 5.78 Å². The zero-order valence-electron chi connectivity index (χ0n) is 19.0. The number of aromatic nitrogens is 2. The number of hydrogen-bond acceptors (Lipinski definition) is 5. The minimum atomic E-state index is -0.346. The van der Waals surface area contributed by atoms with Gasteiger partial charge in [0, 0.05) is 24.4 Å². The summed E-state index contributed by atoms with van der Waals surface area (Å²) in [6.07, 6.45) is 6.27. The minimum absolute atomic E-state index is 0.0193. The third-order valence-electron chi connectivity index (χ3n) is 4.94. The molecule has 7 heteroatoms. The summed E-state index contributed by atoms with van der Waals surface area (Å²) in [4.78, 5) is 42.5. The molecule has 0 unspecified atom stereocenters. The molecule has 170 valence electrons. The van der Waals surface area contributed by atoms with Crippen molar-refractivity contribution in [2.75, 3.05) is 6.54 Å². The van der Waals surface area contributed by atoms with Crippen molar-refractivity contribution < 1.29 is 9.59 Å². The molecule has 0 bridgehead atoms. The molecule has 0 fully saturated rings. The van der Waals surface area contributed by atoms with Crippen LogP contribution in [0.15, 0.2) is 66.1 Å².